The minimum Gasteiger partial charge on any atom is -0.473 e. The predicted octanol–water partition coefficient (Wildman–Crippen LogP) is 3.93. The van der Waals surface area contributed by atoms with E-state index in [-0.39, 0.29) is 12.0 Å². The van der Waals surface area contributed by atoms with E-state index in [1.54, 1.807) is 23.0 Å². The van der Waals surface area contributed by atoms with E-state index in [4.69, 9.17) is 19.8 Å². The molecule has 0 fully saturated rings. The first kappa shape index (κ1) is 29.3. The summed E-state index contributed by atoms with van der Waals surface area (Å²) in [5.41, 5.74) is 1.92. The van der Waals surface area contributed by atoms with Crippen molar-refractivity contribution in [1.82, 2.24) is 29.6 Å². The summed E-state index contributed by atoms with van der Waals surface area (Å²) in [5.74, 6) is 2.32. The van der Waals surface area contributed by atoms with Crippen molar-refractivity contribution in [3.05, 3.63) is 55.3 Å². The third-order valence-electron chi connectivity index (χ3n) is 6.10. The molecule has 3 aromatic heterocycles. The molecule has 12 nitrogen and oxygen atoms in total. The van der Waals surface area contributed by atoms with E-state index in [9.17, 15) is 4.79 Å². The molecule has 0 aliphatic rings. The highest BCUT2D eigenvalue weighted by molar-refractivity contribution is 6.01. The summed E-state index contributed by atoms with van der Waals surface area (Å²) in [4.78, 5) is 32.4. The van der Waals surface area contributed by atoms with Gasteiger partial charge in [-0.1, -0.05) is 18.7 Å². The third-order valence-corrected chi connectivity index (χ3v) is 6.10. The van der Waals surface area contributed by atoms with Gasteiger partial charge in [0.15, 0.2) is 17.5 Å². The van der Waals surface area contributed by atoms with Crippen molar-refractivity contribution >= 4 is 45.8 Å². The molecule has 0 bridgehead atoms. The highest BCUT2D eigenvalue weighted by Gasteiger charge is 2.20. The number of hydrogen-bond donors (Lipinski definition) is 2. The number of anilines is 5. The maximum atomic E-state index is 12.3. The number of carbonyl (C=O) groups is 1. The summed E-state index contributed by atoms with van der Waals surface area (Å²) in [6.45, 7) is 8.92. The fourth-order valence-corrected chi connectivity index (χ4v) is 4.12. The van der Waals surface area contributed by atoms with E-state index in [1.807, 2.05) is 83.2 Å². The predicted molar refractivity (Wildman–Crippen MR) is 165 cm³/mol. The number of amides is 1. The first-order valence-electron chi connectivity index (χ1n) is 13.3. The summed E-state index contributed by atoms with van der Waals surface area (Å²) < 4.78 is 7.89. The molecule has 41 heavy (non-hydrogen) atoms. The van der Waals surface area contributed by atoms with Gasteiger partial charge in [0.2, 0.25) is 17.7 Å². The Balaban J connectivity index is 1.76. The average Bonchev–Trinajstić information content (AvgIpc) is 3.33. The molecule has 4 aromatic rings. The molecule has 3 heterocycles. The number of nitrogens with one attached hydrogen (secondary N) is 2. The second-order valence-corrected chi connectivity index (χ2v) is 10.3. The number of aromatic nitrogens is 5. The summed E-state index contributed by atoms with van der Waals surface area (Å²) in [6, 6.07) is 11.6. The summed E-state index contributed by atoms with van der Waals surface area (Å²) in [5, 5.41) is 11.9. The fourth-order valence-electron chi connectivity index (χ4n) is 4.12. The molecule has 12 heteroatoms. The topological polar surface area (TPSA) is 117 Å². The van der Waals surface area contributed by atoms with Crippen LogP contribution in [0.1, 0.15) is 13.8 Å². The van der Waals surface area contributed by atoms with Gasteiger partial charge in [-0.2, -0.15) is 9.97 Å². The van der Waals surface area contributed by atoms with Gasteiger partial charge in [-0.25, -0.2) is 9.67 Å². The maximum Gasteiger partial charge on any atom is 0.247 e. The average molecular weight is 559 g/mol. The second kappa shape index (κ2) is 12.6. The Bertz CT molecular complexity index is 1530. The van der Waals surface area contributed by atoms with Crippen LogP contribution in [-0.2, 0) is 4.79 Å². The van der Waals surface area contributed by atoms with Gasteiger partial charge >= 0.3 is 0 Å². The van der Waals surface area contributed by atoms with Crippen molar-refractivity contribution in [2.45, 2.75) is 20.0 Å². The first-order valence-corrected chi connectivity index (χ1v) is 13.3. The lowest BCUT2D eigenvalue weighted by molar-refractivity contribution is -0.111. The van der Waals surface area contributed by atoms with Crippen LogP contribution >= 0.6 is 0 Å². The quantitative estimate of drug-likeness (QED) is 0.248. The zero-order chi connectivity index (χ0) is 29.7. The number of pyridine rings is 1. The van der Waals surface area contributed by atoms with Crippen LogP contribution in [0.5, 0.6) is 5.88 Å². The number of fused-ring (bicyclic) bond motifs is 1. The van der Waals surface area contributed by atoms with Crippen molar-refractivity contribution in [3.63, 3.8) is 0 Å². The van der Waals surface area contributed by atoms with Crippen molar-refractivity contribution in [2.24, 2.45) is 0 Å². The van der Waals surface area contributed by atoms with Crippen LogP contribution in [0.4, 0.5) is 29.0 Å². The number of benzene rings is 1. The standard InChI is InChI=1S/C29H38N10O2/c1-9-25(40)31-21-18-22(28(41-19(2)3)34-27(21)38(8)17-16-36(4)5)32-29-30-15-14-24(33-29)39-23-13-11-10-12-20(23)26(35-39)37(6)7/h9-15,18-19H,1,16-17H2,2-8H3,(H,31,40)(H,30,32,33). The number of para-hydroxylation sites is 1. The highest BCUT2D eigenvalue weighted by Crippen LogP contribution is 2.35. The van der Waals surface area contributed by atoms with E-state index < -0.39 is 0 Å². The van der Waals surface area contributed by atoms with Gasteiger partial charge in [0.05, 0.1) is 17.3 Å². The van der Waals surface area contributed by atoms with Gasteiger partial charge in [0.25, 0.3) is 0 Å². The Morgan fingerprint density at radius 1 is 1.05 bits per heavy atom. The van der Waals surface area contributed by atoms with Crippen molar-refractivity contribution in [1.29, 1.82) is 0 Å². The molecule has 0 aliphatic heterocycles. The van der Waals surface area contributed by atoms with Crippen molar-refractivity contribution in [3.8, 4) is 11.7 Å². The van der Waals surface area contributed by atoms with Crippen LogP contribution in [0.25, 0.3) is 16.7 Å². The molecule has 0 unspecified atom stereocenters. The van der Waals surface area contributed by atoms with E-state index in [1.165, 1.54) is 6.08 Å². The van der Waals surface area contributed by atoms with Gasteiger partial charge in [-0.3, -0.25) is 4.79 Å². The van der Waals surface area contributed by atoms with Crippen LogP contribution in [0.15, 0.2) is 55.3 Å². The van der Waals surface area contributed by atoms with E-state index in [0.29, 0.717) is 41.4 Å². The number of rotatable bonds is 12. The summed E-state index contributed by atoms with van der Waals surface area (Å²) >= 11 is 0. The monoisotopic (exact) mass is 558 g/mol. The Kier molecular flexibility index (Phi) is 9.03. The molecule has 216 valence electrons. The number of ether oxygens (including phenoxy) is 1. The Hall–Kier alpha value is -4.71. The van der Waals surface area contributed by atoms with Crippen LogP contribution in [0.3, 0.4) is 0 Å². The van der Waals surface area contributed by atoms with Gasteiger partial charge in [0.1, 0.15) is 5.69 Å². The molecule has 0 saturated carbocycles. The smallest absolute Gasteiger partial charge is 0.247 e. The van der Waals surface area contributed by atoms with E-state index in [0.717, 1.165) is 23.3 Å². The largest absolute Gasteiger partial charge is 0.473 e. The molecular weight excluding hydrogens is 520 g/mol. The third kappa shape index (κ3) is 6.90. The Labute approximate surface area is 240 Å². The highest BCUT2D eigenvalue weighted by atomic mass is 16.5. The molecule has 0 spiro atoms. The number of nitrogens with zero attached hydrogens (tertiary/aromatic N) is 8. The lowest BCUT2D eigenvalue weighted by Gasteiger charge is -2.25. The number of likely N-dealkylation sites (N-methyl/N-ethyl adjacent to an activating group) is 2. The zero-order valence-corrected chi connectivity index (χ0v) is 24.7. The number of carbonyl (C=O) groups excluding carboxylic acids is 1. The minimum atomic E-state index is -0.349. The van der Waals surface area contributed by atoms with Crippen molar-refractivity contribution in [2.75, 3.05) is 68.8 Å². The van der Waals surface area contributed by atoms with Crippen LogP contribution in [0.2, 0.25) is 0 Å². The lowest BCUT2D eigenvalue weighted by Crippen LogP contribution is -2.30. The van der Waals surface area contributed by atoms with Gasteiger partial charge in [-0.05, 0) is 52.2 Å². The van der Waals surface area contributed by atoms with Gasteiger partial charge < -0.3 is 30.1 Å². The molecule has 1 amide bonds. The molecule has 0 radical (unpaired) electrons. The minimum absolute atomic E-state index is 0.149. The molecule has 0 saturated heterocycles. The van der Waals surface area contributed by atoms with Crippen LogP contribution < -0.4 is 25.2 Å². The Morgan fingerprint density at radius 2 is 1.80 bits per heavy atom. The molecule has 2 N–H and O–H groups in total. The zero-order valence-electron chi connectivity index (χ0n) is 24.7. The normalized spacial score (nSPS) is 11.1. The summed E-state index contributed by atoms with van der Waals surface area (Å²) in [6.07, 6.45) is 2.73. The molecule has 0 atom stereocenters. The lowest BCUT2D eigenvalue weighted by atomic mass is 10.2. The van der Waals surface area contributed by atoms with Gasteiger partial charge in [0, 0.05) is 51.9 Å². The van der Waals surface area contributed by atoms with Crippen LogP contribution in [-0.4, -0.2) is 90.0 Å². The fraction of sp³-hybridized carbons (Fsp3) is 0.345. The van der Waals surface area contributed by atoms with E-state index in [2.05, 4.69) is 27.1 Å². The molecule has 4 rings (SSSR count). The second-order valence-electron chi connectivity index (χ2n) is 10.3. The SMILES string of the molecule is C=CC(=O)Nc1cc(Nc2nccc(-n3nc(N(C)C)c4ccccc43)n2)c(OC(C)C)nc1N(C)CCN(C)C. The number of hydrogen-bond acceptors (Lipinski definition) is 10. The van der Waals surface area contributed by atoms with Crippen LogP contribution in [0, 0.1) is 0 Å². The van der Waals surface area contributed by atoms with Gasteiger partial charge in [-0.15, -0.1) is 5.10 Å². The molecular formula is C29H38N10O2. The Morgan fingerprint density at radius 3 is 2.49 bits per heavy atom. The maximum absolute atomic E-state index is 12.3. The molecule has 1 aromatic carbocycles. The first-order chi connectivity index (χ1) is 19.6. The van der Waals surface area contributed by atoms with Crippen molar-refractivity contribution < 1.29 is 9.53 Å². The van der Waals surface area contributed by atoms with E-state index >= 15 is 0 Å². The molecule has 0 aliphatic carbocycles. The summed E-state index contributed by atoms with van der Waals surface area (Å²) in [7, 11) is 9.84.